The number of rotatable bonds is 7. The van der Waals surface area contributed by atoms with Gasteiger partial charge in [-0.05, 0) is 64.8 Å². The zero-order valence-corrected chi connectivity index (χ0v) is 20.5. The van der Waals surface area contributed by atoms with Crippen LogP contribution in [-0.4, -0.2) is 20.1 Å². The van der Waals surface area contributed by atoms with Gasteiger partial charge in [0.05, 0.1) is 7.11 Å². The molecule has 1 amide bonds. The maximum Gasteiger partial charge on any atom is 0.234 e. The second-order valence-corrected chi connectivity index (χ2v) is 9.25. The van der Waals surface area contributed by atoms with Gasteiger partial charge in [-0.15, -0.1) is 0 Å². The highest BCUT2D eigenvalue weighted by Gasteiger charge is 2.48. The van der Waals surface area contributed by atoms with E-state index in [0.29, 0.717) is 6.42 Å². The van der Waals surface area contributed by atoms with Crippen molar-refractivity contribution in [3.63, 3.8) is 0 Å². The molecule has 5 rings (SSSR count). The van der Waals surface area contributed by atoms with E-state index in [9.17, 15) is 4.79 Å². The lowest BCUT2D eigenvalue weighted by Crippen LogP contribution is -2.43. The molecule has 1 atom stereocenters. The minimum absolute atomic E-state index is 0.0454. The minimum atomic E-state index is -0.734. The topological polar surface area (TPSA) is 38.3 Å². The van der Waals surface area contributed by atoms with E-state index in [2.05, 4.69) is 91.1 Å². The Kier molecular flexibility index (Phi) is 6.17. The van der Waals surface area contributed by atoms with E-state index in [-0.39, 0.29) is 11.8 Å². The molecule has 0 heterocycles. The van der Waals surface area contributed by atoms with Crippen LogP contribution in [0.15, 0.2) is 97.1 Å². The molecule has 0 aromatic heterocycles. The number of methoxy groups -OCH3 is 1. The Hall–Kier alpha value is -3.85. The molecule has 4 aromatic carbocycles. The van der Waals surface area contributed by atoms with Gasteiger partial charge in [0.2, 0.25) is 5.91 Å². The van der Waals surface area contributed by atoms with Crippen molar-refractivity contribution in [1.82, 2.24) is 5.32 Å². The highest BCUT2D eigenvalue weighted by atomic mass is 16.5. The monoisotopic (exact) mass is 461 g/mol. The Labute approximate surface area is 207 Å². The number of carbonyl (C=O) groups is 1. The zero-order valence-electron chi connectivity index (χ0n) is 20.5. The Morgan fingerprint density at radius 3 is 2.03 bits per heavy atom. The summed E-state index contributed by atoms with van der Waals surface area (Å²) in [5.74, 6) is 1.07. The first kappa shape index (κ1) is 22.9. The zero-order chi connectivity index (χ0) is 24.4. The summed E-state index contributed by atoms with van der Waals surface area (Å²) in [5.41, 5.74) is 7.38. The van der Waals surface area contributed by atoms with Crippen molar-refractivity contribution < 1.29 is 9.53 Å². The molecule has 0 bridgehead atoms. The second kappa shape index (κ2) is 9.42. The molecule has 0 saturated heterocycles. The van der Waals surface area contributed by atoms with Gasteiger partial charge in [-0.1, -0.05) is 91.0 Å². The second-order valence-electron chi connectivity index (χ2n) is 9.25. The fourth-order valence-electron chi connectivity index (χ4n) is 5.94. The molecule has 176 valence electrons. The maximum atomic E-state index is 13.8. The van der Waals surface area contributed by atoms with Crippen LogP contribution in [0.5, 0.6) is 5.75 Å². The first-order chi connectivity index (χ1) is 17.1. The van der Waals surface area contributed by atoms with Crippen LogP contribution >= 0.6 is 0 Å². The molecule has 1 aliphatic rings. The van der Waals surface area contributed by atoms with E-state index in [0.717, 1.165) is 40.0 Å². The molecular formula is C32H31NO2. The minimum Gasteiger partial charge on any atom is -0.496 e. The molecule has 0 radical (unpaired) electrons. The van der Waals surface area contributed by atoms with E-state index >= 15 is 0 Å². The molecule has 4 aromatic rings. The number of fused-ring (bicyclic) bond motifs is 3. The Morgan fingerprint density at radius 1 is 0.829 bits per heavy atom. The molecule has 35 heavy (non-hydrogen) atoms. The van der Waals surface area contributed by atoms with Gasteiger partial charge >= 0.3 is 0 Å². The van der Waals surface area contributed by atoms with Gasteiger partial charge in [0.25, 0.3) is 0 Å². The largest absolute Gasteiger partial charge is 0.496 e. The van der Waals surface area contributed by atoms with Gasteiger partial charge in [-0.2, -0.15) is 0 Å². The van der Waals surface area contributed by atoms with Crippen LogP contribution in [0.1, 0.15) is 46.6 Å². The number of hydrogen-bond acceptors (Lipinski definition) is 2. The van der Waals surface area contributed by atoms with Crippen molar-refractivity contribution in [1.29, 1.82) is 0 Å². The number of hydrogen-bond donors (Lipinski definition) is 1. The summed E-state index contributed by atoms with van der Waals surface area (Å²) in [6.07, 6.45) is 1.50. The van der Waals surface area contributed by atoms with Crippen LogP contribution in [-0.2, 0) is 10.2 Å². The first-order valence-electron chi connectivity index (χ1n) is 12.2. The predicted molar refractivity (Wildman–Crippen MR) is 142 cm³/mol. The summed E-state index contributed by atoms with van der Waals surface area (Å²) < 4.78 is 5.65. The molecule has 0 fully saturated rings. The molecular weight excluding hydrogens is 430 g/mol. The fraction of sp³-hybridized carbons (Fsp3) is 0.219. The normalized spacial score (nSPS) is 14.0. The summed E-state index contributed by atoms with van der Waals surface area (Å²) in [6.45, 7) is 2.12. The van der Waals surface area contributed by atoms with E-state index in [1.807, 2.05) is 18.2 Å². The van der Waals surface area contributed by atoms with Crippen LogP contribution in [0.3, 0.4) is 0 Å². The third-order valence-electron chi connectivity index (χ3n) is 7.61. The number of amides is 1. The quantitative estimate of drug-likeness (QED) is 0.335. The molecule has 0 spiro atoms. The van der Waals surface area contributed by atoms with Gasteiger partial charge in [0, 0.05) is 13.0 Å². The van der Waals surface area contributed by atoms with Crippen molar-refractivity contribution >= 4 is 5.91 Å². The molecule has 0 aliphatic heterocycles. The van der Waals surface area contributed by atoms with Gasteiger partial charge < -0.3 is 10.1 Å². The van der Waals surface area contributed by atoms with Crippen molar-refractivity contribution in [2.45, 2.75) is 31.1 Å². The lowest BCUT2D eigenvalue weighted by Gasteiger charge is -2.32. The summed E-state index contributed by atoms with van der Waals surface area (Å²) in [7, 11) is 3.46. The Morgan fingerprint density at radius 2 is 1.43 bits per heavy atom. The fourth-order valence-corrected chi connectivity index (χ4v) is 5.94. The summed E-state index contributed by atoms with van der Waals surface area (Å²) >= 11 is 0. The predicted octanol–water partition coefficient (Wildman–Crippen LogP) is 6.63. The molecule has 3 heteroatoms. The highest BCUT2D eigenvalue weighted by Crippen LogP contribution is 2.52. The van der Waals surface area contributed by atoms with Crippen molar-refractivity contribution in [2.75, 3.05) is 14.2 Å². The van der Waals surface area contributed by atoms with Crippen LogP contribution in [0.25, 0.3) is 11.1 Å². The smallest absolute Gasteiger partial charge is 0.234 e. The van der Waals surface area contributed by atoms with E-state index in [1.165, 1.54) is 11.1 Å². The molecule has 1 N–H and O–H groups in total. The van der Waals surface area contributed by atoms with Crippen molar-refractivity contribution in [3.8, 4) is 16.9 Å². The Bertz CT molecular complexity index is 1310. The first-order valence-corrected chi connectivity index (χ1v) is 12.2. The van der Waals surface area contributed by atoms with Crippen LogP contribution in [0, 0.1) is 6.92 Å². The molecule has 1 aliphatic carbocycles. The van der Waals surface area contributed by atoms with Gasteiger partial charge in [-0.25, -0.2) is 0 Å². The SMILES string of the molecule is CNC(=O)C1(CCC(c2ccccc2)c2cccc(OC)c2C)c2ccccc2-c2ccccc21. The highest BCUT2D eigenvalue weighted by molar-refractivity contribution is 6.00. The summed E-state index contributed by atoms with van der Waals surface area (Å²) in [4.78, 5) is 13.8. The average molecular weight is 462 g/mol. The summed E-state index contributed by atoms with van der Waals surface area (Å²) in [5, 5.41) is 3.00. The average Bonchev–Trinajstić information content (AvgIpc) is 3.20. The van der Waals surface area contributed by atoms with Gasteiger partial charge in [0.15, 0.2) is 0 Å². The van der Waals surface area contributed by atoms with Crippen molar-refractivity contribution in [2.24, 2.45) is 0 Å². The van der Waals surface area contributed by atoms with Crippen LogP contribution < -0.4 is 10.1 Å². The maximum absolute atomic E-state index is 13.8. The number of ether oxygens (including phenoxy) is 1. The van der Waals surface area contributed by atoms with Crippen molar-refractivity contribution in [3.05, 3.63) is 125 Å². The lowest BCUT2D eigenvalue weighted by atomic mass is 9.71. The molecule has 3 nitrogen and oxygen atoms in total. The number of benzene rings is 4. The lowest BCUT2D eigenvalue weighted by molar-refractivity contribution is -0.125. The van der Waals surface area contributed by atoms with Crippen LogP contribution in [0.4, 0.5) is 0 Å². The van der Waals surface area contributed by atoms with Gasteiger partial charge in [-0.3, -0.25) is 4.79 Å². The molecule has 0 saturated carbocycles. The number of nitrogens with one attached hydrogen (secondary N) is 1. The Balaban J connectivity index is 1.64. The van der Waals surface area contributed by atoms with Gasteiger partial charge in [0.1, 0.15) is 11.2 Å². The summed E-state index contributed by atoms with van der Waals surface area (Å²) in [6, 6.07) is 33.6. The van der Waals surface area contributed by atoms with Crippen LogP contribution in [0.2, 0.25) is 0 Å². The third-order valence-corrected chi connectivity index (χ3v) is 7.61. The number of carbonyl (C=O) groups excluding carboxylic acids is 1. The number of likely N-dealkylation sites (N-methyl/N-ethyl adjacent to an activating group) is 1. The van der Waals surface area contributed by atoms with E-state index < -0.39 is 5.41 Å². The molecule has 1 unspecified atom stereocenters. The standard InChI is InChI=1S/C32H31NO2/c1-22-24(16-11-19-30(22)35-3)25(23-12-5-4-6-13-23)20-21-32(31(34)33-2)28-17-9-7-14-26(28)27-15-8-10-18-29(27)32/h4-19,25H,20-21H2,1-3H3,(H,33,34). The van der Waals surface area contributed by atoms with E-state index in [4.69, 9.17) is 4.74 Å². The van der Waals surface area contributed by atoms with E-state index in [1.54, 1.807) is 14.2 Å². The third kappa shape index (κ3) is 3.72.